The monoisotopic (exact) mass is 492 g/mol. The summed E-state index contributed by atoms with van der Waals surface area (Å²) in [5.41, 5.74) is 3.94. The zero-order valence-electron chi connectivity index (χ0n) is 23.0. The van der Waals surface area contributed by atoms with Crippen molar-refractivity contribution in [3.8, 4) is 0 Å². The number of carbonyl (C=O) groups excluding carboxylic acids is 2. The highest BCUT2D eigenvalue weighted by molar-refractivity contribution is 5.96. The van der Waals surface area contributed by atoms with Crippen LogP contribution in [0, 0.1) is 0 Å². The quantitative estimate of drug-likeness (QED) is 0.502. The van der Waals surface area contributed by atoms with Gasteiger partial charge in [0.2, 0.25) is 0 Å². The molecule has 0 N–H and O–H groups in total. The van der Waals surface area contributed by atoms with Crippen molar-refractivity contribution in [1.29, 1.82) is 0 Å². The molecule has 0 aliphatic carbocycles. The highest BCUT2D eigenvalue weighted by Crippen LogP contribution is 2.16. The zero-order chi connectivity index (χ0) is 26.2. The first-order chi connectivity index (χ1) is 17.2. The minimum Gasteiger partial charge on any atom is -0.335 e. The standard InChI is InChI=1S/C30H44N4O2/c1-7-27(31(3)4)21-23-9-13-25(14-10-23)29(35)33-17-19-34(20-18-33)30(36)26-15-11-24(12-16-26)22-28(8-2)32(5)6/h9-16,27-28H,7-8,17-22H2,1-6H3. The summed E-state index contributed by atoms with van der Waals surface area (Å²) in [6.07, 6.45) is 4.15. The van der Waals surface area contributed by atoms with E-state index in [0.29, 0.717) is 38.3 Å². The van der Waals surface area contributed by atoms with E-state index >= 15 is 0 Å². The van der Waals surface area contributed by atoms with E-state index < -0.39 is 0 Å². The molecule has 1 aliphatic rings. The molecule has 0 aromatic heterocycles. The molecule has 36 heavy (non-hydrogen) atoms. The zero-order valence-corrected chi connectivity index (χ0v) is 23.0. The van der Waals surface area contributed by atoms with Crippen LogP contribution in [0.25, 0.3) is 0 Å². The van der Waals surface area contributed by atoms with Crippen molar-refractivity contribution in [2.45, 2.75) is 51.6 Å². The second-order valence-corrected chi connectivity index (χ2v) is 10.4. The number of hydrogen-bond donors (Lipinski definition) is 0. The molecule has 2 unspecified atom stereocenters. The average Bonchev–Trinajstić information content (AvgIpc) is 2.90. The van der Waals surface area contributed by atoms with E-state index in [0.717, 1.165) is 36.8 Å². The Morgan fingerprint density at radius 3 is 1.19 bits per heavy atom. The molecule has 0 radical (unpaired) electrons. The number of carbonyl (C=O) groups is 2. The largest absolute Gasteiger partial charge is 0.335 e. The first-order valence-corrected chi connectivity index (χ1v) is 13.3. The maximum Gasteiger partial charge on any atom is 0.253 e. The van der Waals surface area contributed by atoms with Crippen LogP contribution in [0.3, 0.4) is 0 Å². The number of likely N-dealkylation sites (N-methyl/N-ethyl adjacent to an activating group) is 2. The maximum absolute atomic E-state index is 13.1. The van der Waals surface area contributed by atoms with Crippen LogP contribution in [0.5, 0.6) is 0 Å². The summed E-state index contributed by atoms with van der Waals surface area (Å²) in [5.74, 6) is 0.0908. The van der Waals surface area contributed by atoms with Gasteiger partial charge in [0.05, 0.1) is 0 Å². The fraction of sp³-hybridized carbons (Fsp3) is 0.533. The van der Waals surface area contributed by atoms with Crippen LogP contribution < -0.4 is 0 Å². The Hall–Kier alpha value is -2.70. The van der Waals surface area contributed by atoms with Crippen molar-refractivity contribution >= 4 is 11.8 Å². The van der Waals surface area contributed by atoms with E-state index in [2.05, 4.69) is 76.1 Å². The Balaban J connectivity index is 1.53. The van der Waals surface area contributed by atoms with Gasteiger partial charge in [-0.25, -0.2) is 0 Å². The lowest BCUT2D eigenvalue weighted by atomic mass is 10.0. The Bertz CT molecular complexity index is 896. The second kappa shape index (κ2) is 13.0. The van der Waals surface area contributed by atoms with E-state index in [1.165, 1.54) is 11.1 Å². The molecule has 0 spiro atoms. The molecular weight excluding hydrogens is 448 g/mol. The van der Waals surface area contributed by atoms with Crippen molar-refractivity contribution < 1.29 is 9.59 Å². The molecule has 196 valence electrons. The van der Waals surface area contributed by atoms with Gasteiger partial charge in [0.25, 0.3) is 11.8 Å². The van der Waals surface area contributed by atoms with Crippen molar-refractivity contribution in [2.24, 2.45) is 0 Å². The lowest BCUT2D eigenvalue weighted by Gasteiger charge is -2.35. The molecule has 1 aliphatic heterocycles. The molecule has 0 bridgehead atoms. The molecule has 2 amide bonds. The maximum atomic E-state index is 13.1. The van der Waals surface area contributed by atoms with Crippen molar-refractivity contribution in [3.63, 3.8) is 0 Å². The van der Waals surface area contributed by atoms with Gasteiger partial charge in [-0.2, -0.15) is 0 Å². The number of nitrogens with zero attached hydrogens (tertiary/aromatic N) is 4. The molecule has 2 aromatic carbocycles. The minimum atomic E-state index is 0.0454. The summed E-state index contributed by atoms with van der Waals surface area (Å²) < 4.78 is 0. The summed E-state index contributed by atoms with van der Waals surface area (Å²) in [5, 5.41) is 0. The molecule has 1 fully saturated rings. The summed E-state index contributed by atoms with van der Waals surface area (Å²) in [4.78, 5) is 34.3. The number of amides is 2. The first-order valence-electron chi connectivity index (χ1n) is 13.3. The van der Waals surface area contributed by atoms with E-state index in [4.69, 9.17) is 0 Å². The third kappa shape index (κ3) is 7.17. The van der Waals surface area contributed by atoms with E-state index in [-0.39, 0.29) is 11.8 Å². The molecule has 0 saturated carbocycles. The number of piperazine rings is 1. The molecule has 6 heteroatoms. The van der Waals surface area contributed by atoms with Gasteiger partial charge in [-0.1, -0.05) is 38.1 Å². The van der Waals surface area contributed by atoms with Gasteiger partial charge in [0.1, 0.15) is 0 Å². The van der Waals surface area contributed by atoms with Crippen molar-refractivity contribution in [3.05, 3.63) is 70.8 Å². The van der Waals surface area contributed by atoms with Gasteiger partial charge in [-0.05, 0) is 89.3 Å². The third-order valence-electron chi connectivity index (χ3n) is 7.60. The van der Waals surface area contributed by atoms with Crippen LogP contribution in [0.1, 0.15) is 58.5 Å². The average molecular weight is 493 g/mol. The van der Waals surface area contributed by atoms with Gasteiger partial charge < -0.3 is 19.6 Å². The highest BCUT2D eigenvalue weighted by atomic mass is 16.2. The Kier molecular flexibility index (Phi) is 10.1. The van der Waals surface area contributed by atoms with Crippen molar-refractivity contribution in [2.75, 3.05) is 54.4 Å². The minimum absolute atomic E-state index is 0.0454. The molecule has 3 rings (SSSR count). The Labute approximate surface area is 217 Å². The third-order valence-corrected chi connectivity index (χ3v) is 7.60. The molecular formula is C30H44N4O2. The number of benzene rings is 2. The van der Waals surface area contributed by atoms with Gasteiger partial charge in [-0.15, -0.1) is 0 Å². The van der Waals surface area contributed by atoms with Crippen LogP contribution in [-0.2, 0) is 12.8 Å². The Morgan fingerprint density at radius 2 is 0.944 bits per heavy atom. The SMILES string of the molecule is CCC(Cc1ccc(C(=O)N2CCN(C(=O)c3ccc(CC(CC)N(C)C)cc3)CC2)cc1)N(C)C. The highest BCUT2D eigenvalue weighted by Gasteiger charge is 2.25. The smallest absolute Gasteiger partial charge is 0.253 e. The van der Waals surface area contributed by atoms with Crippen LogP contribution in [0.4, 0.5) is 0 Å². The molecule has 2 atom stereocenters. The fourth-order valence-electron chi connectivity index (χ4n) is 4.97. The Morgan fingerprint density at radius 1 is 0.639 bits per heavy atom. The van der Waals surface area contributed by atoms with Gasteiger partial charge in [-0.3, -0.25) is 9.59 Å². The van der Waals surface area contributed by atoms with E-state index in [1.807, 2.05) is 34.1 Å². The molecule has 1 saturated heterocycles. The molecule has 2 aromatic rings. The van der Waals surface area contributed by atoms with Crippen LogP contribution in [-0.4, -0.2) is 97.9 Å². The summed E-state index contributed by atoms with van der Waals surface area (Å²) in [6.45, 7) is 6.65. The number of hydrogen-bond acceptors (Lipinski definition) is 4. The number of rotatable bonds is 10. The topological polar surface area (TPSA) is 47.1 Å². The van der Waals surface area contributed by atoms with Gasteiger partial charge >= 0.3 is 0 Å². The molecule has 1 heterocycles. The summed E-state index contributed by atoms with van der Waals surface area (Å²) >= 11 is 0. The predicted molar refractivity (Wildman–Crippen MR) is 148 cm³/mol. The van der Waals surface area contributed by atoms with E-state index in [9.17, 15) is 9.59 Å². The normalized spacial score (nSPS) is 15.9. The van der Waals surface area contributed by atoms with E-state index in [1.54, 1.807) is 0 Å². The van der Waals surface area contributed by atoms with Crippen molar-refractivity contribution in [1.82, 2.24) is 19.6 Å². The lowest BCUT2D eigenvalue weighted by Crippen LogP contribution is -2.50. The first kappa shape index (κ1) is 27.9. The van der Waals surface area contributed by atoms with Gasteiger partial charge in [0.15, 0.2) is 0 Å². The lowest BCUT2D eigenvalue weighted by molar-refractivity contribution is 0.0535. The molecule has 6 nitrogen and oxygen atoms in total. The summed E-state index contributed by atoms with van der Waals surface area (Å²) in [7, 11) is 8.44. The predicted octanol–water partition coefficient (Wildman–Crippen LogP) is 4.05. The fourth-order valence-corrected chi connectivity index (χ4v) is 4.97. The van der Waals surface area contributed by atoms with Gasteiger partial charge in [0, 0.05) is 49.4 Å². The van der Waals surface area contributed by atoms with Crippen LogP contribution in [0.2, 0.25) is 0 Å². The van der Waals surface area contributed by atoms with Crippen LogP contribution in [0.15, 0.2) is 48.5 Å². The summed E-state index contributed by atoms with van der Waals surface area (Å²) in [6, 6.07) is 17.1. The van der Waals surface area contributed by atoms with Crippen LogP contribution >= 0.6 is 0 Å². The second-order valence-electron chi connectivity index (χ2n) is 10.4.